The van der Waals surface area contributed by atoms with E-state index in [9.17, 15) is 4.79 Å². The number of carbonyl (C=O) groups excluding carboxylic acids is 1. The molecule has 0 aliphatic rings. The van der Waals surface area contributed by atoms with Crippen molar-refractivity contribution >= 4 is 11.9 Å². The van der Waals surface area contributed by atoms with E-state index in [0.717, 1.165) is 17.7 Å². The van der Waals surface area contributed by atoms with Crippen LogP contribution in [-0.2, 0) is 17.8 Å². The number of guanidine groups is 1. The van der Waals surface area contributed by atoms with Gasteiger partial charge in [-0.1, -0.05) is 42.5 Å². The second-order valence-electron chi connectivity index (χ2n) is 6.32. The number of hydrogen-bond donors (Lipinski definition) is 2. The summed E-state index contributed by atoms with van der Waals surface area (Å²) in [5.41, 5.74) is 2.32. The average molecular weight is 368 g/mol. The van der Waals surface area contributed by atoms with Crippen LogP contribution in [0.5, 0.6) is 5.75 Å². The maximum absolute atomic E-state index is 11.8. The highest BCUT2D eigenvalue weighted by molar-refractivity contribution is 5.86. The number of aliphatic imine (C=N–C) groups is 1. The molecule has 2 rings (SSSR count). The van der Waals surface area contributed by atoms with Gasteiger partial charge in [-0.25, -0.2) is 4.99 Å². The monoisotopic (exact) mass is 368 g/mol. The van der Waals surface area contributed by atoms with Crippen molar-refractivity contribution in [3.05, 3.63) is 65.7 Å². The van der Waals surface area contributed by atoms with Gasteiger partial charge in [0.25, 0.3) is 0 Å². The van der Waals surface area contributed by atoms with Crippen molar-refractivity contribution in [3.8, 4) is 5.75 Å². The zero-order valence-electron chi connectivity index (χ0n) is 16.2. The molecule has 0 saturated carbocycles. The van der Waals surface area contributed by atoms with E-state index >= 15 is 0 Å². The fraction of sp³-hybridized carbons (Fsp3) is 0.333. The van der Waals surface area contributed by atoms with E-state index in [2.05, 4.69) is 15.6 Å². The highest BCUT2D eigenvalue weighted by Gasteiger charge is 2.06. The molecule has 2 aromatic carbocycles. The van der Waals surface area contributed by atoms with Crippen molar-refractivity contribution in [3.63, 3.8) is 0 Å². The van der Waals surface area contributed by atoms with Gasteiger partial charge < -0.3 is 20.3 Å². The standard InChI is InChI=1S/C21H28N4O2/c1-25(2)20(26)16-24-21(23-15-18-7-5-4-6-8-18)22-14-13-17-9-11-19(27-3)12-10-17/h4-12H,13-16H2,1-3H3,(H2,22,23,24). The molecule has 0 aliphatic heterocycles. The number of amides is 1. The van der Waals surface area contributed by atoms with E-state index in [1.807, 2.05) is 54.6 Å². The smallest absolute Gasteiger partial charge is 0.241 e. The van der Waals surface area contributed by atoms with Crippen molar-refractivity contribution in [1.29, 1.82) is 0 Å². The van der Waals surface area contributed by atoms with E-state index in [1.165, 1.54) is 5.56 Å². The lowest BCUT2D eigenvalue weighted by Gasteiger charge is -2.15. The minimum atomic E-state index is -0.000587. The zero-order valence-corrected chi connectivity index (χ0v) is 16.2. The third-order valence-corrected chi connectivity index (χ3v) is 4.03. The molecule has 27 heavy (non-hydrogen) atoms. The van der Waals surface area contributed by atoms with E-state index in [1.54, 1.807) is 26.1 Å². The highest BCUT2D eigenvalue weighted by Crippen LogP contribution is 2.11. The number of methoxy groups -OCH3 is 1. The SMILES string of the molecule is COc1ccc(CCNC(=NCc2ccccc2)NCC(=O)N(C)C)cc1. The van der Waals surface area contributed by atoms with Crippen LogP contribution in [0.1, 0.15) is 11.1 Å². The van der Waals surface area contributed by atoms with Crippen LogP contribution >= 0.6 is 0 Å². The minimum absolute atomic E-state index is 0.000587. The first-order valence-corrected chi connectivity index (χ1v) is 8.97. The summed E-state index contributed by atoms with van der Waals surface area (Å²) in [4.78, 5) is 18.0. The molecule has 0 aromatic heterocycles. The van der Waals surface area contributed by atoms with Crippen LogP contribution in [-0.4, -0.2) is 51.1 Å². The van der Waals surface area contributed by atoms with Crippen molar-refractivity contribution in [1.82, 2.24) is 15.5 Å². The van der Waals surface area contributed by atoms with Gasteiger partial charge in [0.2, 0.25) is 5.91 Å². The lowest BCUT2D eigenvalue weighted by molar-refractivity contribution is -0.127. The molecule has 0 fully saturated rings. The van der Waals surface area contributed by atoms with Gasteiger partial charge >= 0.3 is 0 Å². The van der Waals surface area contributed by atoms with Crippen LogP contribution in [0.4, 0.5) is 0 Å². The molecule has 0 radical (unpaired) electrons. The number of likely N-dealkylation sites (N-methyl/N-ethyl adjacent to an activating group) is 1. The fourth-order valence-corrected chi connectivity index (χ4v) is 2.36. The third kappa shape index (κ3) is 7.40. The topological polar surface area (TPSA) is 66.0 Å². The van der Waals surface area contributed by atoms with Gasteiger partial charge in [-0.15, -0.1) is 0 Å². The Morgan fingerprint density at radius 1 is 1.00 bits per heavy atom. The largest absolute Gasteiger partial charge is 0.497 e. The fourth-order valence-electron chi connectivity index (χ4n) is 2.36. The Balaban J connectivity index is 1.92. The van der Waals surface area contributed by atoms with Gasteiger partial charge in [-0.2, -0.15) is 0 Å². The molecular formula is C21H28N4O2. The Morgan fingerprint density at radius 3 is 2.33 bits per heavy atom. The first kappa shape index (κ1) is 20.3. The van der Waals surface area contributed by atoms with Crippen molar-refractivity contribution in [2.24, 2.45) is 4.99 Å². The molecule has 2 N–H and O–H groups in total. The number of hydrogen-bond acceptors (Lipinski definition) is 3. The number of ether oxygens (including phenoxy) is 1. The van der Waals surface area contributed by atoms with Crippen LogP contribution in [0.3, 0.4) is 0 Å². The molecule has 0 aliphatic carbocycles. The summed E-state index contributed by atoms with van der Waals surface area (Å²) in [6.07, 6.45) is 0.845. The molecule has 0 spiro atoms. The van der Waals surface area contributed by atoms with E-state index < -0.39 is 0 Å². The van der Waals surface area contributed by atoms with Gasteiger partial charge in [0.05, 0.1) is 20.2 Å². The number of nitrogens with zero attached hydrogens (tertiary/aromatic N) is 2. The van der Waals surface area contributed by atoms with Crippen LogP contribution in [0.25, 0.3) is 0 Å². The molecule has 2 aromatic rings. The van der Waals surface area contributed by atoms with E-state index in [0.29, 0.717) is 19.0 Å². The summed E-state index contributed by atoms with van der Waals surface area (Å²) in [6.45, 7) is 1.47. The summed E-state index contributed by atoms with van der Waals surface area (Å²) in [7, 11) is 5.14. The Labute approximate surface area is 161 Å². The Bertz CT molecular complexity index is 728. The molecule has 0 atom stereocenters. The second-order valence-corrected chi connectivity index (χ2v) is 6.32. The lowest BCUT2D eigenvalue weighted by Crippen LogP contribution is -2.43. The molecule has 0 heterocycles. The van der Waals surface area contributed by atoms with Crippen molar-refractivity contribution in [2.45, 2.75) is 13.0 Å². The zero-order chi connectivity index (χ0) is 19.5. The van der Waals surface area contributed by atoms with Gasteiger partial charge in [-0.05, 0) is 29.7 Å². The quantitative estimate of drug-likeness (QED) is 0.553. The van der Waals surface area contributed by atoms with Crippen LogP contribution < -0.4 is 15.4 Å². The molecule has 0 bridgehead atoms. The van der Waals surface area contributed by atoms with Gasteiger partial charge in [0, 0.05) is 20.6 Å². The molecule has 0 saturated heterocycles. The van der Waals surface area contributed by atoms with Gasteiger partial charge in [0.1, 0.15) is 5.75 Å². The summed E-state index contributed by atoms with van der Waals surface area (Å²) in [6, 6.07) is 18.0. The molecule has 6 nitrogen and oxygen atoms in total. The lowest BCUT2D eigenvalue weighted by atomic mass is 10.1. The number of benzene rings is 2. The Morgan fingerprint density at radius 2 is 1.70 bits per heavy atom. The number of carbonyl (C=O) groups is 1. The summed E-state index contributed by atoms with van der Waals surface area (Å²) >= 11 is 0. The van der Waals surface area contributed by atoms with Gasteiger partial charge in [0.15, 0.2) is 5.96 Å². The Hall–Kier alpha value is -3.02. The van der Waals surface area contributed by atoms with E-state index in [-0.39, 0.29) is 12.5 Å². The van der Waals surface area contributed by atoms with E-state index in [4.69, 9.17) is 4.74 Å². The molecule has 1 amide bonds. The predicted octanol–water partition coefficient (Wildman–Crippen LogP) is 2.06. The second kappa shape index (κ2) is 10.9. The molecule has 144 valence electrons. The Kier molecular flexibility index (Phi) is 8.16. The van der Waals surface area contributed by atoms with Crippen molar-refractivity contribution < 1.29 is 9.53 Å². The average Bonchev–Trinajstić information content (AvgIpc) is 2.70. The molecule has 0 unspecified atom stereocenters. The first-order chi connectivity index (χ1) is 13.1. The van der Waals surface area contributed by atoms with Gasteiger partial charge in [-0.3, -0.25) is 4.79 Å². The predicted molar refractivity (Wildman–Crippen MR) is 109 cm³/mol. The summed E-state index contributed by atoms with van der Waals surface area (Å²) in [5, 5.41) is 6.40. The molecular weight excluding hydrogens is 340 g/mol. The summed E-state index contributed by atoms with van der Waals surface area (Å²) in [5.74, 6) is 1.47. The minimum Gasteiger partial charge on any atom is -0.497 e. The molecule has 6 heteroatoms. The maximum atomic E-state index is 11.8. The van der Waals surface area contributed by atoms with Crippen molar-refractivity contribution in [2.75, 3.05) is 34.3 Å². The third-order valence-electron chi connectivity index (χ3n) is 4.03. The van der Waals surface area contributed by atoms with Crippen LogP contribution in [0, 0.1) is 0 Å². The summed E-state index contributed by atoms with van der Waals surface area (Å²) < 4.78 is 5.18. The first-order valence-electron chi connectivity index (χ1n) is 8.97. The van der Waals surface area contributed by atoms with Crippen LogP contribution in [0.2, 0.25) is 0 Å². The normalized spacial score (nSPS) is 11.0. The maximum Gasteiger partial charge on any atom is 0.241 e. The number of rotatable bonds is 8. The highest BCUT2D eigenvalue weighted by atomic mass is 16.5. The van der Waals surface area contributed by atoms with Crippen LogP contribution in [0.15, 0.2) is 59.6 Å². The number of nitrogens with one attached hydrogen (secondary N) is 2.